The molecule has 0 bridgehead atoms. The standard InChI is InChI=1S/C18H20BrNO2/c1-2-16(11-14-7-3-4-9-17(14)19)20-12-13-6-5-8-15(10-13)18(21)22/h3-10,16,20H,2,11-12H2,1H3,(H,21,22). The van der Waals surface area contributed by atoms with Crippen molar-refractivity contribution in [1.82, 2.24) is 5.32 Å². The van der Waals surface area contributed by atoms with E-state index in [4.69, 9.17) is 5.11 Å². The maximum absolute atomic E-state index is 11.0. The second-order valence-electron chi connectivity index (χ2n) is 5.29. The van der Waals surface area contributed by atoms with Gasteiger partial charge in [-0.3, -0.25) is 0 Å². The van der Waals surface area contributed by atoms with Crippen molar-refractivity contribution < 1.29 is 9.90 Å². The van der Waals surface area contributed by atoms with Crippen molar-refractivity contribution in [2.75, 3.05) is 0 Å². The predicted octanol–water partition coefficient (Wildman–Crippen LogP) is 4.26. The van der Waals surface area contributed by atoms with Gasteiger partial charge in [-0.25, -0.2) is 4.79 Å². The normalized spacial score (nSPS) is 12.1. The molecule has 0 aliphatic rings. The average molecular weight is 362 g/mol. The molecule has 116 valence electrons. The van der Waals surface area contributed by atoms with Crippen LogP contribution in [0.15, 0.2) is 53.0 Å². The van der Waals surface area contributed by atoms with E-state index in [1.807, 2.05) is 18.2 Å². The highest BCUT2D eigenvalue weighted by atomic mass is 79.9. The quantitative estimate of drug-likeness (QED) is 0.774. The number of carbonyl (C=O) groups is 1. The summed E-state index contributed by atoms with van der Waals surface area (Å²) in [6.45, 7) is 2.83. The molecule has 1 atom stereocenters. The van der Waals surface area contributed by atoms with E-state index in [0.29, 0.717) is 18.2 Å². The minimum absolute atomic E-state index is 0.332. The van der Waals surface area contributed by atoms with Gasteiger partial charge in [0.15, 0.2) is 0 Å². The van der Waals surface area contributed by atoms with Crippen molar-refractivity contribution in [2.45, 2.75) is 32.4 Å². The van der Waals surface area contributed by atoms with Crippen LogP contribution in [0.2, 0.25) is 0 Å². The molecule has 2 aromatic rings. The van der Waals surface area contributed by atoms with E-state index in [-0.39, 0.29) is 0 Å². The Morgan fingerprint density at radius 3 is 2.68 bits per heavy atom. The van der Waals surface area contributed by atoms with Gasteiger partial charge < -0.3 is 10.4 Å². The van der Waals surface area contributed by atoms with Crippen molar-refractivity contribution in [3.05, 3.63) is 69.7 Å². The summed E-state index contributed by atoms with van der Waals surface area (Å²) in [6, 6.07) is 15.7. The number of nitrogens with one attached hydrogen (secondary N) is 1. The molecule has 0 saturated heterocycles. The number of hydrogen-bond acceptors (Lipinski definition) is 2. The number of halogens is 1. The molecule has 0 amide bonds. The molecule has 0 aliphatic heterocycles. The molecule has 0 aromatic heterocycles. The Morgan fingerprint density at radius 1 is 1.23 bits per heavy atom. The van der Waals surface area contributed by atoms with E-state index in [1.54, 1.807) is 18.2 Å². The van der Waals surface area contributed by atoms with Crippen molar-refractivity contribution in [2.24, 2.45) is 0 Å². The molecule has 0 aliphatic carbocycles. The fraction of sp³-hybridized carbons (Fsp3) is 0.278. The second kappa shape index (κ2) is 8.11. The molecule has 2 N–H and O–H groups in total. The van der Waals surface area contributed by atoms with E-state index in [1.165, 1.54) is 5.56 Å². The number of carboxylic acid groups (broad SMARTS) is 1. The first kappa shape index (κ1) is 16.7. The Hall–Kier alpha value is -1.65. The zero-order valence-electron chi connectivity index (χ0n) is 12.6. The van der Waals surface area contributed by atoms with Crippen LogP contribution in [0.3, 0.4) is 0 Å². The van der Waals surface area contributed by atoms with E-state index in [0.717, 1.165) is 22.9 Å². The summed E-state index contributed by atoms with van der Waals surface area (Å²) in [4.78, 5) is 11.0. The molecule has 0 radical (unpaired) electrons. The Balaban J connectivity index is 1.98. The minimum Gasteiger partial charge on any atom is -0.478 e. The van der Waals surface area contributed by atoms with Crippen LogP contribution in [-0.4, -0.2) is 17.1 Å². The Kier molecular flexibility index (Phi) is 6.16. The third kappa shape index (κ3) is 4.68. The van der Waals surface area contributed by atoms with Gasteiger partial charge in [0.05, 0.1) is 5.56 Å². The summed E-state index contributed by atoms with van der Waals surface area (Å²) >= 11 is 3.58. The number of aromatic carboxylic acids is 1. The topological polar surface area (TPSA) is 49.3 Å². The van der Waals surface area contributed by atoms with Crippen molar-refractivity contribution in [1.29, 1.82) is 0 Å². The van der Waals surface area contributed by atoms with Gasteiger partial charge in [-0.05, 0) is 42.2 Å². The van der Waals surface area contributed by atoms with Crippen LogP contribution >= 0.6 is 15.9 Å². The lowest BCUT2D eigenvalue weighted by Crippen LogP contribution is -2.30. The van der Waals surface area contributed by atoms with Gasteiger partial charge in [0.25, 0.3) is 0 Å². The molecule has 0 heterocycles. The molecular formula is C18H20BrNO2. The van der Waals surface area contributed by atoms with Crippen LogP contribution in [0.4, 0.5) is 0 Å². The fourth-order valence-corrected chi connectivity index (χ4v) is 2.81. The Bertz CT molecular complexity index is 642. The summed E-state index contributed by atoms with van der Waals surface area (Å²) in [7, 11) is 0. The number of carboxylic acids is 1. The Labute approximate surface area is 139 Å². The minimum atomic E-state index is -0.887. The van der Waals surface area contributed by atoms with Crippen LogP contribution in [-0.2, 0) is 13.0 Å². The third-order valence-corrected chi connectivity index (χ3v) is 4.46. The summed E-state index contributed by atoms with van der Waals surface area (Å²) < 4.78 is 1.13. The molecule has 4 heteroatoms. The maximum Gasteiger partial charge on any atom is 0.335 e. The van der Waals surface area contributed by atoms with Gasteiger partial charge in [-0.2, -0.15) is 0 Å². The van der Waals surface area contributed by atoms with Crippen LogP contribution in [0, 0.1) is 0 Å². The van der Waals surface area contributed by atoms with Gasteiger partial charge >= 0.3 is 5.97 Å². The van der Waals surface area contributed by atoms with Crippen molar-refractivity contribution in [3.8, 4) is 0 Å². The van der Waals surface area contributed by atoms with Crippen molar-refractivity contribution >= 4 is 21.9 Å². The molecule has 0 spiro atoms. The largest absolute Gasteiger partial charge is 0.478 e. The monoisotopic (exact) mass is 361 g/mol. The Morgan fingerprint density at radius 2 is 2.00 bits per heavy atom. The summed E-state index contributed by atoms with van der Waals surface area (Å²) in [5.41, 5.74) is 2.60. The summed E-state index contributed by atoms with van der Waals surface area (Å²) in [5, 5.41) is 12.5. The van der Waals surface area contributed by atoms with E-state index >= 15 is 0 Å². The molecule has 2 aromatic carbocycles. The smallest absolute Gasteiger partial charge is 0.335 e. The lowest BCUT2D eigenvalue weighted by Gasteiger charge is -2.18. The van der Waals surface area contributed by atoms with Gasteiger partial charge in [0.2, 0.25) is 0 Å². The van der Waals surface area contributed by atoms with Gasteiger partial charge in [0, 0.05) is 17.1 Å². The first-order valence-electron chi connectivity index (χ1n) is 7.39. The van der Waals surface area contributed by atoms with Crippen LogP contribution in [0.5, 0.6) is 0 Å². The molecule has 0 fully saturated rings. The lowest BCUT2D eigenvalue weighted by molar-refractivity contribution is 0.0696. The first-order chi connectivity index (χ1) is 10.6. The SMILES string of the molecule is CCC(Cc1ccccc1Br)NCc1cccc(C(=O)O)c1. The van der Waals surface area contributed by atoms with Gasteiger partial charge in [-0.15, -0.1) is 0 Å². The maximum atomic E-state index is 11.0. The molecule has 0 saturated carbocycles. The molecule has 22 heavy (non-hydrogen) atoms. The van der Waals surface area contributed by atoms with Crippen LogP contribution in [0.1, 0.15) is 34.8 Å². The summed E-state index contributed by atoms with van der Waals surface area (Å²) in [6.07, 6.45) is 1.95. The number of benzene rings is 2. The molecule has 3 nitrogen and oxygen atoms in total. The number of rotatable bonds is 7. The summed E-state index contributed by atoms with van der Waals surface area (Å²) in [5.74, 6) is -0.887. The zero-order valence-corrected chi connectivity index (χ0v) is 14.1. The zero-order chi connectivity index (χ0) is 15.9. The second-order valence-corrected chi connectivity index (χ2v) is 6.14. The predicted molar refractivity (Wildman–Crippen MR) is 92.2 cm³/mol. The number of hydrogen-bond donors (Lipinski definition) is 2. The van der Waals surface area contributed by atoms with E-state index < -0.39 is 5.97 Å². The van der Waals surface area contributed by atoms with Crippen molar-refractivity contribution in [3.63, 3.8) is 0 Å². The van der Waals surface area contributed by atoms with Crippen LogP contribution in [0.25, 0.3) is 0 Å². The van der Waals surface area contributed by atoms with E-state index in [9.17, 15) is 4.79 Å². The third-order valence-electron chi connectivity index (χ3n) is 3.69. The lowest BCUT2D eigenvalue weighted by atomic mass is 10.0. The molecule has 1 unspecified atom stereocenters. The highest BCUT2D eigenvalue weighted by molar-refractivity contribution is 9.10. The van der Waals surface area contributed by atoms with Gasteiger partial charge in [0.1, 0.15) is 0 Å². The van der Waals surface area contributed by atoms with Crippen LogP contribution < -0.4 is 5.32 Å². The first-order valence-corrected chi connectivity index (χ1v) is 8.18. The van der Waals surface area contributed by atoms with E-state index in [2.05, 4.69) is 40.3 Å². The van der Waals surface area contributed by atoms with Gasteiger partial charge in [-0.1, -0.05) is 53.2 Å². The highest BCUT2D eigenvalue weighted by Gasteiger charge is 2.10. The fourth-order valence-electron chi connectivity index (χ4n) is 2.37. The molecule has 2 rings (SSSR count). The average Bonchev–Trinajstić information content (AvgIpc) is 2.53. The highest BCUT2D eigenvalue weighted by Crippen LogP contribution is 2.18. The molecular weight excluding hydrogens is 342 g/mol.